The summed E-state index contributed by atoms with van der Waals surface area (Å²) >= 11 is 1.74. The molecule has 1 aromatic rings. The minimum atomic E-state index is 0.152. The van der Waals surface area contributed by atoms with Gasteiger partial charge in [-0.1, -0.05) is 6.07 Å². The van der Waals surface area contributed by atoms with Crippen LogP contribution < -0.4 is 10.6 Å². The van der Waals surface area contributed by atoms with Crippen molar-refractivity contribution in [3.8, 4) is 0 Å². The second kappa shape index (κ2) is 7.41. The Balaban J connectivity index is 2.18. The van der Waals surface area contributed by atoms with E-state index < -0.39 is 0 Å². The fourth-order valence-electron chi connectivity index (χ4n) is 1.55. The molecular weight excluding hydrogens is 220 g/mol. The van der Waals surface area contributed by atoms with Crippen molar-refractivity contribution in [2.75, 3.05) is 13.6 Å². The van der Waals surface area contributed by atoms with Crippen LogP contribution in [0.25, 0.3) is 0 Å². The van der Waals surface area contributed by atoms with E-state index in [1.54, 1.807) is 11.3 Å². The van der Waals surface area contributed by atoms with E-state index in [4.69, 9.17) is 0 Å². The predicted molar refractivity (Wildman–Crippen MR) is 68.8 cm³/mol. The van der Waals surface area contributed by atoms with Gasteiger partial charge in [-0.3, -0.25) is 4.79 Å². The van der Waals surface area contributed by atoms with Crippen LogP contribution in [0.4, 0.5) is 0 Å². The third kappa shape index (κ3) is 5.28. The van der Waals surface area contributed by atoms with Crippen LogP contribution in [0.15, 0.2) is 17.5 Å². The first-order chi connectivity index (χ1) is 7.72. The molecular formula is C12H20N2OS. The van der Waals surface area contributed by atoms with Crippen molar-refractivity contribution in [2.24, 2.45) is 0 Å². The van der Waals surface area contributed by atoms with E-state index in [1.807, 2.05) is 13.1 Å². The molecule has 1 heterocycles. The average Bonchev–Trinajstić information content (AvgIpc) is 2.70. The Hall–Kier alpha value is -0.870. The van der Waals surface area contributed by atoms with Crippen LogP contribution in [0.1, 0.15) is 24.6 Å². The molecule has 16 heavy (non-hydrogen) atoms. The van der Waals surface area contributed by atoms with Gasteiger partial charge in [0.1, 0.15) is 0 Å². The normalized spacial score (nSPS) is 12.4. The second-order valence-corrected chi connectivity index (χ2v) is 4.99. The largest absolute Gasteiger partial charge is 0.353 e. The summed E-state index contributed by atoms with van der Waals surface area (Å²) in [6.07, 6.45) is 2.43. The van der Waals surface area contributed by atoms with Crippen molar-refractivity contribution < 1.29 is 4.79 Å². The number of amides is 1. The Morgan fingerprint density at radius 1 is 1.56 bits per heavy atom. The highest BCUT2D eigenvalue weighted by Gasteiger charge is 2.07. The summed E-state index contributed by atoms with van der Waals surface area (Å²) in [4.78, 5) is 12.8. The quantitative estimate of drug-likeness (QED) is 0.714. The lowest BCUT2D eigenvalue weighted by molar-refractivity contribution is -0.121. The molecule has 1 unspecified atom stereocenters. The molecule has 4 heteroatoms. The van der Waals surface area contributed by atoms with Gasteiger partial charge in [-0.05, 0) is 38.4 Å². The fraction of sp³-hybridized carbons (Fsp3) is 0.583. The Bertz CT molecular complexity index is 298. The summed E-state index contributed by atoms with van der Waals surface area (Å²) in [7, 11) is 1.90. The van der Waals surface area contributed by atoms with Gasteiger partial charge in [0, 0.05) is 23.8 Å². The van der Waals surface area contributed by atoms with Gasteiger partial charge < -0.3 is 10.6 Å². The van der Waals surface area contributed by atoms with E-state index in [1.165, 1.54) is 4.88 Å². The zero-order chi connectivity index (χ0) is 11.8. The lowest BCUT2D eigenvalue weighted by Gasteiger charge is -2.12. The van der Waals surface area contributed by atoms with E-state index in [0.717, 1.165) is 19.4 Å². The minimum Gasteiger partial charge on any atom is -0.353 e. The van der Waals surface area contributed by atoms with Gasteiger partial charge in [0.25, 0.3) is 0 Å². The van der Waals surface area contributed by atoms with Crippen LogP contribution in [0, 0.1) is 0 Å². The van der Waals surface area contributed by atoms with Gasteiger partial charge >= 0.3 is 0 Å². The number of carbonyl (C=O) groups excluding carboxylic acids is 1. The van der Waals surface area contributed by atoms with Gasteiger partial charge in [0.15, 0.2) is 0 Å². The lowest BCUT2D eigenvalue weighted by atomic mass is 10.2. The predicted octanol–water partition coefficient (Wildman–Crippen LogP) is 1.79. The highest BCUT2D eigenvalue weighted by molar-refractivity contribution is 7.09. The van der Waals surface area contributed by atoms with Crippen molar-refractivity contribution in [3.05, 3.63) is 22.4 Å². The molecule has 0 aliphatic heterocycles. The van der Waals surface area contributed by atoms with Gasteiger partial charge in [0.2, 0.25) is 5.91 Å². The number of nitrogens with one attached hydrogen (secondary N) is 2. The number of hydrogen-bond donors (Lipinski definition) is 2. The molecule has 0 bridgehead atoms. The molecule has 0 aliphatic carbocycles. The van der Waals surface area contributed by atoms with Crippen molar-refractivity contribution in [3.63, 3.8) is 0 Å². The topological polar surface area (TPSA) is 41.1 Å². The van der Waals surface area contributed by atoms with Crippen molar-refractivity contribution in [1.82, 2.24) is 10.6 Å². The molecule has 1 atom stereocenters. The maximum Gasteiger partial charge on any atom is 0.220 e. The van der Waals surface area contributed by atoms with Gasteiger partial charge in [-0.2, -0.15) is 0 Å². The SMILES string of the molecule is CNCCCC(=O)NC(C)Cc1cccs1. The molecule has 1 amide bonds. The highest BCUT2D eigenvalue weighted by atomic mass is 32.1. The first-order valence-electron chi connectivity index (χ1n) is 5.68. The standard InChI is InChI=1S/C12H20N2OS/c1-10(9-11-5-4-8-16-11)14-12(15)6-3-7-13-2/h4-5,8,10,13H,3,6-7,9H2,1-2H3,(H,14,15). The third-order valence-electron chi connectivity index (χ3n) is 2.33. The van der Waals surface area contributed by atoms with Crippen LogP contribution in [-0.4, -0.2) is 25.5 Å². The Labute approximate surface area is 101 Å². The molecule has 2 N–H and O–H groups in total. The minimum absolute atomic E-state index is 0.152. The second-order valence-electron chi connectivity index (χ2n) is 3.96. The first kappa shape index (κ1) is 13.2. The zero-order valence-electron chi connectivity index (χ0n) is 9.95. The van der Waals surface area contributed by atoms with Gasteiger partial charge in [0.05, 0.1) is 0 Å². The summed E-state index contributed by atoms with van der Waals surface area (Å²) in [5, 5.41) is 8.12. The van der Waals surface area contributed by atoms with E-state index in [0.29, 0.717) is 6.42 Å². The van der Waals surface area contributed by atoms with E-state index in [9.17, 15) is 4.79 Å². The molecule has 0 saturated heterocycles. The molecule has 0 spiro atoms. The summed E-state index contributed by atoms with van der Waals surface area (Å²) in [6.45, 7) is 2.95. The molecule has 0 aromatic carbocycles. The maximum atomic E-state index is 11.5. The summed E-state index contributed by atoms with van der Waals surface area (Å²) in [5.74, 6) is 0.152. The van der Waals surface area contributed by atoms with Crippen LogP contribution in [0.3, 0.4) is 0 Å². The van der Waals surface area contributed by atoms with Crippen molar-refractivity contribution in [1.29, 1.82) is 0 Å². The van der Waals surface area contributed by atoms with Gasteiger partial charge in [-0.15, -0.1) is 11.3 Å². The number of hydrogen-bond acceptors (Lipinski definition) is 3. The Morgan fingerprint density at radius 2 is 2.38 bits per heavy atom. The lowest BCUT2D eigenvalue weighted by Crippen LogP contribution is -2.34. The van der Waals surface area contributed by atoms with Crippen LogP contribution in [-0.2, 0) is 11.2 Å². The smallest absolute Gasteiger partial charge is 0.220 e. The van der Waals surface area contributed by atoms with Crippen molar-refractivity contribution >= 4 is 17.2 Å². The van der Waals surface area contributed by atoms with Gasteiger partial charge in [-0.25, -0.2) is 0 Å². The molecule has 1 rings (SSSR count). The molecule has 3 nitrogen and oxygen atoms in total. The molecule has 90 valence electrons. The number of rotatable bonds is 7. The number of thiophene rings is 1. The summed E-state index contributed by atoms with van der Waals surface area (Å²) in [5.41, 5.74) is 0. The van der Waals surface area contributed by atoms with Crippen LogP contribution >= 0.6 is 11.3 Å². The molecule has 0 aliphatic rings. The molecule has 1 aromatic heterocycles. The molecule has 0 fully saturated rings. The van der Waals surface area contributed by atoms with Crippen molar-refractivity contribution in [2.45, 2.75) is 32.2 Å². The van der Waals surface area contributed by atoms with E-state index in [-0.39, 0.29) is 11.9 Å². The zero-order valence-corrected chi connectivity index (χ0v) is 10.8. The van der Waals surface area contributed by atoms with E-state index in [2.05, 4.69) is 29.0 Å². The maximum absolute atomic E-state index is 11.5. The number of carbonyl (C=O) groups is 1. The van der Waals surface area contributed by atoms with E-state index >= 15 is 0 Å². The van der Waals surface area contributed by atoms with Crippen LogP contribution in [0.5, 0.6) is 0 Å². The molecule has 0 radical (unpaired) electrons. The fourth-order valence-corrected chi connectivity index (χ4v) is 2.39. The van der Waals surface area contributed by atoms with Crippen LogP contribution in [0.2, 0.25) is 0 Å². The Morgan fingerprint density at radius 3 is 3.00 bits per heavy atom. The average molecular weight is 240 g/mol. The summed E-state index contributed by atoms with van der Waals surface area (Å²) in [6, 6.07) is 4.37. The summed E-state index contributed by atoms with van der Waals surface area (Å²) < 4.78 is 0. The Kier molecular flexibility index (Phi) is 6.11. The first-order valence-corrected chi connectivity index (χ1v) is 6.56. The monoisotopic (exact) mass is 240 g/mol. The highest BCUT2D eigenvalue weighted by Crippen LogP contribution is 2.10. The molecule has 0 saturated carbocycles. The third-order valence-corrected chi connectivity index (χ3v) is 3.22.